The summed E-state index contributed by atoms with van der Waals surface area (Å²) in [6.45, 7) is 14.1. The largest absolute Gasteiger partial charge is 0.496 e. The minimum absolute atomic E-state index is 0. The second kappa shape index (κ2) is 17.6. The average molecular weight is 705 g/mol. The van der Waals surface area contributed by atoms with Crippen molar-refractivity contribution in [2.75, 3.05) is 44.0 Å². The van der Waals surface area contributed by atoms with E-state index < -0.39 is 23.5 Å². The zero-order valence-corrected chi connectivity index (χ0v) is 30.9. The Morgan fingerprint density at radius 2 is 1.73 bits per heavy atom. The van der Waals surface area contributed by atoms with E-state index in [1.54, 1.807) is 26.0 Å². The van der Waals surface area contributed by atoms with Gasteiger partial charge in [-0.2, -0.15) is 0 Å². The van der Waals surface area contributed by atoms with Crippen molar-refractivity contribution >= 4 is 70.5 Å². The first-order chi connectivity index (χ1) is 21.9. The van der Waals surface area contributed by atoms with Gasteiger partial charge in [0.15, 0.2) is 5.78 Å². The smallest absolute Gasteiger partial charge is 0.246 e. The van der Waals surface area contributed by atoms with Crippen LogP contribution in [0.5, 0.6) is 5.75 Å². The molecule has 11 nitrogen and oxygen atoms in total. The number of benzene rings is 2. The number of likely N-dealkylation sites (tertiary alicyclic amines) is 1. The molecule has 1 saturated heterocycles. The molecule has 3 aromatic rings. The van der Waals surface area contributed by atoms with E-state index in [2.05, 4.69) is 56.8 Å². The highest BCUT2D eigenvalue weighted by atomic mass is 35.5. The van der Waals surface area contributed by atoms with E-state index in [1.165, 1.54) is 6.33 Å². The number of ketones is 1. The number of halogens is 2. The van der Waals surface area contributed by atoms with E-state index >= 15 is 0 Å². The Balaban J connectivity index is 0.00000400. The number of aromatic nitrogens is 2. The van der Waals surface area contributed by atoms with Gasteiger partial charge in [0.2, 0.25) is 11.8 Å². The zero-order chi connectivity index (χ0) is 33.6. The van der Waals surface area contributed by atoms with Gasteiger partial charge in [-0.05, 0) is 76.4 Å². The molecule has 1 aromatic heterocycles. The number of hydrogen-bond acceptors (Lipinski definition) is 9. The quantitative estimate of drug-likeness (QED) is 0.217. The van der Waals surface area contributed by atoms with E-state index in [1.807, 2.05) is 45.0 Å². The molecule has 48 heavy (non-hydrogen) atoms. The van der Waals surface area contributed by atoms with Crippen molar-refractivity contribution < 1.29 is 19.1 Å². The summed E-state index contributed by atoms with van der Waals surface area (Å²) in [5, 5.41) is 10.0. The topological polar surface area (TPSA) is 129 Å². The number of Topliss-reactive ketones (excluding diaryl/α,β-unsaturated/α-hetero) is 1. The van der Waals surface area contributed by atoms with E-state index in [0.717, 1.165) is 29.9 Å². The summed E-state index contributed by atoms with van der Waals surface area (Å²) in [7, 11) is 3.27. The second-order valence-electron chi connectivity index (χ2n) is 12.9. The van der Waals surface area contributed by atoms with Crippen LogP contribution in [-0.4, -0.2) is 84.4 Å². The van der Waals surface area contributed by atoms with Crippen LogP contribution in [-0.2, 0) is 20.8 Å². The number of hydrogen-bond donors (Lipinski definition) is 3. The maximum atomic E-state index is 13.9. The van der Waals surface area contributed by atoms with Gasteiger partial charge < -0.3 is 30.5 Å². The van der Waals surface area contributed by atoms with Crippen LogP contribution in [0.25, 0.3) is 10.9 Å². The van der Waals surface area contributed by atoms with Crippen LogP contribution in [0.4, 0.5) is 17.2 Å². The SMILES string of the molecule is CCN(CC)c1ccc(Nc2ncnc3cc(OC)c(CC(=O)[C@@H]4CCCN4C(=O)[C@@H](NC(=O)[C@H](C)NC)C(C)(C)C)cc23)cc1.Cl.Cl. The summed E-state index contributed by atoms with van der Waals surface area (Å²) in [5.41, 5.74) is 2.86. The monoisotopic (exact) mass is 703 g/mol. The van der Waals surface area contributed by atoms with Gasteiger partial charge in [-0.3, -0.25) is 14.4 Å². The van der Waals surface area contributed by atoms with Crippen molar-refractivity contribution in [3.8, 4) is 5.75 Å². The Morgan fingerprint density at radius 3 is 2.31 bits per heavy atom. The van der Waals surface area contributed by atoms with Gasteiger partial charge in [0.1, 0.15) is 23.9 Å². The highest BCUT2D eigenvalue weighted by Crippen LogP contribution is 2.32. The molecule has 2 amide bonds. The number of fused-ring (bicyclic) bond motifs is 1. The van der Waals surface area contributed by atoms with Crippen LogP contribution in [0, 0.1) is 5.41 Å². The summed E-state index contributed by atoms with van der Waals surface area (Å²) in [6, 6.07) is 10.1. The van der Waals surface area contributed by atoms with Crippen molar-refractivity contribution in [2.24, 2.45) is 5.41 Å². The molecule has 264 valence electrons. The molecule has 0 aliphatic carbocycles. The molecule has 1 aliphatic heterocycles. The van der Waals surface area contributed by atoms with E-state index in [0.29, 0.717) is 42.0 Å². The summed E-state index contributed by atoms with van der Waals surface area (Å²) in [4.78, 5) is 53.4. The van der Waals surface area contributed by atoms with Gasteiger partial charge in [0.05, 0.1) is 24.7 Å². The van der Waals surface area contributed by atoms with E-state index in [9.17, 15) is 14.4 Å². The number of rotatable bonds is 13. The Labute approximate surface area is 296 Å². The standard InChI is InChI=1S/C35H49N7O4.2ClH/c1-9-41(10-2)25-15-13-24(14-16-25)39-32-26-18-23(30(46-8)20-27(26)37-21-38-32)19-29(43)28-12-11-17-42(28)34(45)31(35(4,5)6)40-33(44)22(3)36-7;;/h13-16,18,20-22,28,31,36H,9-12,17,19H2,1-8H3,(H,40,44)(H,37,38,39);2*1H/t22-,28-,31+;;/m0../s1. The number of nitrogens with zero attached hydrogens (tertiary/aromatic N) is 4. The molecule has 2 heterocycles. The lowest BCUT2D eigenvalue weighted by Crippen LogP contribution is -2.58. The van der Waals surface area contributed by atoms with Gasteiger partial charge in [-0.25, -0.2) is 9.97 Å². The van der Waals surface area contributed by atoms with Crippen molar-refractivity contribution in [3.63, 3.8) is 0 Å². The zero-order valence-electron chi connectivity index (χ0n) is 29.3. The van der Waals surface area contributed by atoms with Crippen molar-refractivity contribution in [2.45, 2.75) is 78.9 Å². The third kappa shape index (κ3) is 9.27. The highest BCUT2D eigenvalue weighted by molar-refractivity contribution is 5.97. The molecular formula is C35H51Cl2N7O4. The lowest BCUT2D eigenvalue weighted by Gasteiger charge is -2.36. The van der Waals surface area contributed by atoms with E-state index in [-0.39, 0.29) is 48.8 Å². The van der Waals surface area contributed by atoms with Crippen molar-refractivity contribution in [3.05, 3.63) is 48.3 Å². The number of anilines is 3. The summed E-state index contributed by atoms with van der Waals surface area (Å²) in [6.07, 6.45) is 2.86. The fourth-order valence-electron chi connectivity index (χ4n) is 5.92. The van der Waals surface area contributed by atoms with Gasteiger partial charge in [-0.15, -0.1) is 24.8 Å². The van der Waals surface area contributed by atoms with Crippen LogP contribution < -0.4 is 25.6 Å². The van der Waals surface area contributed by atoms with Gasteiger partial charge in [0.25, 0.3) is 0 Å². The number of nitrogens with one attached hydrogen (secondary N) is 3. The summed E-state index contributed by atoms with van der Waals surface area (Å²) in [5.74, 6) is 0.590. The Hall–Kier alpha value is -3.67. The minimum atomic E-state index is -0.772. The fourth-order valence-corrected chi connectivity index (χ4v) is 5.92. The molecule has 4 rings (SSSR count). The van der Waals surface area contributed by atoms with Crippen molar-refractivity contribution in [1.82, 2.24) is 25.5 Å². The van der Waals surface area contributed by atoms with Gasteiger partial charge in [0, 0.05) is 54.4 Å². The molecule has 0 radical (unpaired) electrons. The third-order valence-corrected chi connectivity index (χ3v) is 8.79. The predicted octanol–water partition coefficient (Wildman–Crippen LogP) is 5.31. The number of amides is 2. The normalized spacial score (nSPS) is 15.5. The number of likely N-dealkylation sites (N-methyl/N-ethyl adjacent to an activating group) is 1. The first kappa shape index (κ1) is 40.5. The molecule has 0 bridgehead atoms. The predicted molar refractivity (Wildman–Crippen MR) is 197 cm³/mol. The number of carbonyl (C=O) groups is 3. The Bertz CT molecular complexity index is 1540. The maximum Gasteiger partial charge on any atom is 0.246 e. The lowest BCUT2D eigenvalue weighted by atomic mass is 9.85. The Kier molecular flexibility index (Phi) is 14.9. The fraction of sp³-hybridized carbons (Fsp3) is 0.514. The Morgan fingerprint density at radius 1 is 1.06 bits per heavy atom. The summed E-state index contributed by atoms with van der Waals surface area (Å²) >= 11 is 0. The number of methoxy groups -OCH3 is 1. The first-order valence-corrected chi connectivity index (χ1v) is 16.2. The third-order valence-electron chi connectivity index (χ3n) is 8.79. The summed E-state index contributed by atoms with van der Waals surface area (Å²) < 4.78 is 5.69. The molecule has 0 unspecified atom stereocenters. The highest BCUT2D eigenvalue weighted by Gasteiger charge is 2.42. The van der Waals surface area contributed by atoms with E-state index in [4.69, 9.17) is 4.74 Å². The van der Waals surface area contributed by atoms with Crippen LogP contribution >= 0.6 is 24.8 Å². The number of carbonyl (C=O) groups excluding carboxylic acids is 3. The first-order valence-electron chi connectivity index (χ1n) is 16.2. The van der Waals surface area contributed by atoms with Crippen LogP contribution in [0.15, 0.2) is 42.7 Å². The second-order valence-corrected chi connectivity index (χ2v) is 12.9. The molecule has 0 saturated carbocycles. The van der Waals surface area contributed by atoms with Crippen LogP contribution in [0.3, 0.4) is 0 Å². The molecule has 13 heteroatoms. The van der Waals surface area contributed by atoms with Crippen molar-refractivity contribution in [1.29, 1.82) is 0 Å². The number of ether oxygens (including phenoxy) is 1. The van der Waals surface area contributed by atoms with Crippen LogP contribution in [0.1, 0.15) is 59.9 Å². The molecule has 3 N–H and O–H groups in total. The van der Waals surface area contributed by atoms with Crippen LogP contribution in [0.2, 0.25) is 0 Å². The molecule has 0 spiro atoms. The lowest BCUT2D eigenvalue weighted by molar-refractivity contribution is -0.143. The minimum Gasteiger partial charge on any atom is -0.496 e. The average Bonchev–Trinajstić information content (AvgIpc) is 3.54. The molecule has 1 aliphatic rings. The molecule has 1 fully saturated rings. The molecule has 2 aromatic carbocycles. The molecular weight excluding hydrogens is 653 g/mol. The molecule has 3 atom stereocenters. The van der Waals surface area contributed by atoms with Gasteiger partial charge >= 0.3 is 0 Å². The van der Waals surface area contributed by atoms with Gasteiger partial charge in [-0.1, -0.05) is 20.8 Å². The maximum absolute atomic E-state index is 13.9.